The fourth-order valence-corrected chi connectivity index (χ4v) is 3.99. The minimum Gasteiger partial charge on any atom is -0.487 e. The number of hydrogen-bond donors (Lipinski definition) is 0. The molecule has 0 saturated heterocycles. The number of halogens is 1. The Balaban J connectivity index is 1.31. The summed E-state index contributed by atoms with van der Waals surface area (Å²) < 4.78 is 22.8. The first-order chi connectivity index (χ1) is 14.1. The largest absolute Gasteiger partial charge is 0.487 e. The highest BCUT2D eigenvalue weighted by Crippen LogP contribution is 2.36. The molecule has 1 aliphatic heterocycles. The molecule has 0 unspecified atom stereocenters. The summed E-state index contributed by atoms with van der Waals surface area (Å²) in [6, 6.07) is 5.77. The molecular formula is C20H17FN6O2. The molecular weight excluding hydrogens is 375 g/mol. The maximum absolute atomic E-state index is 13.9. The van der Waals surface area contributed by atoms with Crippen LogP contribution >= 0.6 is 0 Å². The molecule has 1 saturated carbocycles. The molecule has 3 aromatic rings. The molecule has 1 fully saturated rings. The Hall–Kier alpha value is -3.54. The topological polar surface area (TPSA) is 98.6 Å². The van der Waals surface area contributed by atoms with Crippen LogP contribution in [0.25, 0.3) is 0 Å². The van der Waals surface area contributed by atoms with Crippen LogP contribution in [0.15, 0.2) is 41.6 Å². The van der Waals surface area contributed by atoms with Crippen molar-refractivity contribution < 1.29 is 9.13 Å². The lowest BCUT2D eigenvalue weighted by atomic mass is 9.89. The number of nitrogens with zero attached hydrogens (tertiary/aromatic N) is 6. The van der Waals surface area contributed by atoms with Crippen LogP contribution in [0.5, 0.6) is 5.75 Å². The van der Waals surface area contributed by atoms with Gasteiger partial charge in [0.15, 0.2) is 11.6 Å². The van der Waals surface area contributed by atoms with E-state index in [1.807, 2.05) is 6.07 Å². The van der Waals surface area contributed by atoms with E-state index in [-0.39, 0.29) is 29.6 Å². The van der Waals surface area contributed by atoms with Gasteiger partial charge in [0.25, 0.3) is 0 Å². The Morgan fingerprint density at radius 3 is 2.90 bits per heavy atom. The van der Waals surface area contributed by atoms with Gasteiger partial charge in [-0.05, 0) is 18.6 Å². The molecule has 0 radical (unpaired) electrons. The number of aromatic nitrogens is 5. The van der Waals surface area contributed by atoms with Gasteiger partial charge < -0.3 is 4.74 Å². The number of hydrogen-bond acceptors (Lipinski definition) is 6. The third-order valence-corrected chi connectivity index (χ3v) is 5.55. The van der Waals surface area contributed by atoms with Gasteiger partial charge in [-0.3, -0.25) is 14.5 Å². The van der Waals surface area contributed by atoms with Crippen molar-refractivity contribution in [3.8, 4) is 11.8 Å². The van der Waals surface area contributed by atoms with E-state index < -0.39 is 5.82 Å². The van der Waals surface area contributed by atoms with Gasteiger partial charge in [-0.2, -0.15) is 10.4 Å². The molecule has 0 spiro atoms. The predicted molar refractivity (Wildman–Crippen MR) is 98.8 cm³/mol. The van der Waals surface area contributed by atoms with Gasteiger partial charge in [-0.15, -0.1) is 0 Å². The van der Waals surface area contributed by atoms with Crippen molar-refractivity contribution in [3.63, 3.8) is 0 Å². The highest BCUT2D eigenvalue weighted by molar-refractivity contribution is 5.37. The van der Waals surface area contributed by atoms with Gasteiger partial charge >= 0.3 is 5.69 Å². The van der Waals surface area contributed by atoms with E-state index in [4.69, 9.17) is 10.00 Å². The van der Waals surface area contributed by atoms with E-state index in [1.165, 1.54) is 22.9 Å². The van der Waals surface area contributed by atoms with E-state index >= 15 is 0 Å². The van der Waals surface area contributed by atoms with Crippen LogP contribution in [0.4, 0.5) is 4.39 Å². The summed E-state index contributed by atoms with van der Waals surface area (Å²) in [4.78, 5) is 21.4. The van der Waals surface area contributed by atoms with E-state index in [1.54, 1.807) is 23.2 Å². The Morgan fingerprint density at radius 1 is 1.28 bits per heavy atom. The summed E-state index contributed by atoms with van der Waals surface area (Å²) in [7, 11) is 0. The van der Waals surface area contributed by atoms with Crippen LogP contribution in [-0.2, 0) is 6.42 Å². The second-order valence-corrected chi connectivity index (χ2v) is 7.32. The van der Waals surface area contributed by atoms with Gasteiger partial charge in [0, 0.05) is 37.7 Å². The summed E-state index contributed by atoms with van der Waals surface area (Å²) in [5.74, 6) is 0.315. The monoisotopic (exact) mass is 392 g/mol. The molecule has 29 heavy (non-hydrogen) atoms. The van der Waals surface area contributed by atoms with E-state index in [2.05, 4.69) is 15.1 Å². The minimum absolute atomic E-state index is 0.0647. The quantitative estimate of drug-likeness (QED) is 0.675. The zero-order chi connectivity index (χ0) is 20.0. The first-order valence-corrected chi connectivity index (χ1v) is 9.46. The Bertz CT molecular complexity index is 1160. The van der Waals surface area contributed by atoms with E-state index in [0.29, 0.717) is 24.8 Å². The van der Waals surface area contributed by atoms with Gasteiger partial charge in [0.1, 0.15) is 11.9 Å². The first-order valence-electron chi connectivity index (χ1n) is 9.46. The smallest absolute Gasteiger partial charge is 0.346 e. The second kappa shape index (κ2) is 6.81. The first kappa shape index (κ1) is 17.6. The summed E-state index contributed by atoms with van der Waals surface area (Å²) >= 11 is 0. The van der Waals surface area contributed by atoms with Crippen molar-refractivity contribution >= 4 is 0 Å². The fraction of sp³-hybridized carbons (Fsp3) is 0.350. The molecule has 0 bridgehead atoms. The number of nitriles is 1. The third kappa shape index (κ3) is 2.97. The molecule has 2 aromatic heterocycles. The average Bonchev–Trinajstić information content (AvgIpc) is 3.27. The molecule has 1 atom stereocenters. The van der Waals surface area contributed by atoms with Crippen LogP contribution in [0.3, 0.4) is 0 Å². The predicted octanol–water partition coefficient (Wildman–Crippen LogP) is 2.16. The third-order valence-electron chi connectivity index (χ3n) is 5.55. The lowest BCUT2D eigenvalue weighted by molar-refractivity contribution is 0.0589. The van der Waals surface area contributed by atoms with Gasteiger partial charge in [0.05, 0.1) is 35.6 Å². The van der Waals surface area contributed by atoms with Crippen molar-refractivity contribution in [1.82, 2.24) is 24.3 Å². The summed E-state index contributed by atoms with van der Waals surface area (Å²) in [5.41, 5.74) is 0.943. The van der Waals surface area contributed by atoms with Crippen LogP contribution in [-0.4, -0.2) is 30.4 Å². The molecule has 9 heteroatoms. The van der Waals surface area contributed by atoms with E-state index in [9.17, 15) is 9.18 Å². The lowest BCUT2D eigenvalue weighted by Gasteiger charge is -2.34. The molecule has 146 valence electrons. The summed E-state index contributed by atoms with van der Waals surface area (Å²) in [6.07, 6.45) is 7.30. The molecule has 0 N–H and O–H groups in total. The lowest BCUT2D eigenvalue weighted by Crippen LogP contribution is -2.41. The maximum Gasteiger partial charge on any atom is 0.346 e. The molecule has 1 aromatic carbocycles. The molecule has 5 rings (SSSR count). The molecule has 8 nitrogen and oxygen atoms in total. The number of fused-ring (bicyclic) bond motifs is 1. The van der Waals surface area contributed by atoms with Crippen molar-refractivity contribution in [2.24, 2.45) is 0 Å². The van der Waals surface area contributed by atoms with Crippen molar-refractivity contribution in [2.75, 3.05) is 0 Å². The highest BCUT2D eigenvalue weighted by atomic mass is 19.1. The molecule has 3 heterocycles. The molecule has 2 aliphatic rings. The average molecular weight is 392 g/mol. The maximum atomic E-state index is 13.9. The van der Waals surface area contributed by atoms with Crippen LogP contribution < -0.4 is 10.4 Å². The molecule has 1 aliphatic carbocycles. The van der Waals surface area contributed by atoms with Crippen molar-refractivity contribution in [1.29, 1.82) is 5.26 Å². The minimum atomic E-state index is -0.502. The van der Waals surface area contributed by atoms with Crippen LogP contribution in [0.1, 0.15) is 48.4 Å². The van der Waals surface area contributed by atoms with Crippen molar-refractivity contribution in [2.45, 2.75) is 43.9 Å². The normalized spacial score (nSPS) is 22.6. The number of ether oxygens (including phenoxy) is 1. The summed E-state index contributed by atoms with van der Waals surface area (Å²) in [6.45, 7) is 0. The second-order valence-electron chi connectivity index (χ2n) is 7.32. The zero-order valence-electron chi connectivity index (χ0n) is 15.4. The van der Waals surface area contributed by atoms with Gasteiger partial charge in [-0.25, -0.2) is 13.9 Å². The van der Waals surface area contributed by atoms with Crippen molar-refractivity contribution in [3.05, 3.63) is 70.2 Å². The Kier molecular flexibility index (Phi) is 4.12. The number of aryl methyl sites for hydroxylation is 1. The Labute approximate surface area is 165 Å². The highest BCUT2D eigenvalue weighted by Gasteiger charge is 2.38. The number of benzene rings is 1. The fourth-order valence-electron chi connectivity index (χ4n) is 3.99. The van der Waals surface area contributed by atoms with Gasteiger partial charge in [0.2, 0.25) is 0 Å². The SMILES string of the molecule is N#Cc1ccc(F)c(O[C@H]2C[C@H](n3nc4n(c3=O)[C@H](c3cnccn3)CC4)C2)c1. The van der Waals surface area contributed by atoms with Crippen LogP contribution in [0, 0.1) is 17.1 Å². The van der Waals surface area contributed by atoms with Gasteiger partial charge in [-0.1, -0.05) is 0 Å². The van der Waals surface area contributed by atoms with Crippen LogP contribution in [0.2, 0.25) is 0 Å². The zero-order valence-corrected chi connectivity index (χ0v) is 15.4. The standard InChI is InChI=1S/C20H17FN6O2/c21-15-2-1-12(10-22)7-18(15)29-14-8-13(9-14)27-20(28)26-17(3-4-19(26)25-27)16-11-23-5-6-24-16/h1-2,5-7,11,13-14,17H,3-4,8-9H2/t13-,14-,17-/m0/s1. The Morgan fingerprint density at radius 2 is 2.14 bits per heavy atom. The van der Waals surface area contributed by atoms with E-state index in [0.717, 1.165) is 17.9 Å². The molecule has 0 amide bonds. The summed E-state index contributed by atoms with van der Waals surface area (Å²) in [5, 5.41) is 13.5. The number of rotatable bonds is 4.